The van der Waals surface area contributed by atoms with Crippen molar-refractivity contribution < 1.29 is 23.1 Å². The predicted molar refractivity (Wildman–Crippen MR) is 97.6 cm³/mol. The largest absolute Gasteiger partial charge is 0.454 e. The first-order valence-corrected chi connectivity index (χ1v) is 8.79. The summed E-state index contributed by atoms with van der Waals surface area (Å²) in [5.74, 6) is -3.59. The van der Waals surface area contributed by atoms with Gasteiger partial charge in [0.15, 0.2) is 6.61 Å². The molecule has 0 spiro atoms. The minimum atomic E-state index is -2.50. The molecule has 140 valence electrons. The van der Waals surface area contributed by atoms with E-state index in [4.69, 9.17) is 4.74 Å². The summed E-state index contributed by atoms with van der Waals surface area (Å²) >= 11 is 0.420. The van der Waals surface area contributed by atoms with E-state index in [9.17, 15) is 18.4 Å². The number of ether oxygens (including phenoxy) is 1. The van der Waals surface area contributed by atoms with E-state index in [2.05, 4.69) is 10.3 Å². The number of benzene rings is 2. The molecule has 0 unspecified atom stereocenters. The van der Waals surface area contributed by atoms with Gasteiger partial charge in [-0.2, -0.15) is 8.78 Å². The molecule has 0 fully saturated rings. The quantitative estimate of drug-likeness (QED) is 0.493. The Morgan fingerprint density at radius 1 is 1.15 bits per heavy atom. The Morgan fingerprint density at radius 3 is 2.63 bits per heavy atom. The van der Waals surface area contributed by atoms with Gasteiger partial charge < -0.3 is 14.6 Å². The van der Waals surface area contributed by atoms with Gasteiger partial charge >= 0.3 is 5.97 Å². The molecule has 0 aliphatic heterocycles. The predicted octanol–water partition coefficient (Wildman–Crippen LogP) is 3.53. The number of carbonyl (C=O) groups excluding carboxylic acids is 2. The second-order valence-corrected chi connectivity index (χ2v) is 6.54. The van der Waals surface area contributed by atoms with E-state index in [0.717, 1.165) is 11.0 Å². The minimum absolute atomic E-state index is 0.0622. The average Bonchev–Trinajstić information content (AvgIpc) is 3.04. The Bertz CT molecular complexity index is 944. The van der Waals surface area contributed by atoms with Gasteiger partial charge in [-0.1, -0.05) is 23.9 Å². The van der Waals surface area contributed by atoms with E-state index in [0.29, 0.717) is 22.3 Å². The lowest BCUT2D eigenvalue weighted by atomic mass is 10.3. The molecule has 1 heterocycles. The van der Waals surface area contributed by atoms with E-state index in [1.54, 1.807) is 4.57 Å². The Morgan fingerprint density at radius 2 is 1.89 bits per heavy atom. The molecule has 0 aliphatic carbocycles. The smallest absolute Gasteiger partial charge is 0.326 e. The van der Waals surface area contributed by atoms with Gasteiger partial charge in [-0.3, -0.25) is 9.59 Å². The molecule has 0 aliphatic rings. The van der Waals surface area contributed by atoms with Crippen LogP contribution in [0.1, 0.15) is 0 Å². The van der Waals surface area contributed by atoms with E-state index in [-0.39, 0.29) is 6.54 Å². The van der Waals surface area contributed by atoms with Crippen LogP contribution in [0, 0.1) is 0 Å². The maximum absolute atomic E-state index is 12.3. The number of rotatable bonds is 7. The number of amides is 1. The van der Waals surface area contributed by atoms with Crippen molar-refractivity contribution >= 4 is 40.4 Å². The molecular weight excluding hydrogens is 376 g/mol. The van der Waals surface area contributed by atoms with E-state index >= 15 is 0 Å². The Kier molecular flexibility index (Phi) is 6.02. The van der Waals surface area contributed by atoms with Gasteiger partial charge in [0, 0.05) is 10.6 Å². The van der Waals surface area contributed by atoms with Crippen LogP contribution in [0.2, 0.25) is 0 Å². The van der Waals surface area contributed by atoms with Crippen LogP contribution < -0.4 is 5.32 Å². The number of aromatic nitrogens is 2. The third kappa shape index (κ3) is 5.27. The Labute approximate surface area is 157 Å². The Hall–Kier alpha value is -2.94. The van der Waals surface area contributed by atoms with Crippen molar-refractivity contribution in [3.05, 3.63) is 54.9 Å². The number of carbonyl (C=O) groups is 2. The second-order valence-electron chi connectivity index (χ2n) is 5.47. The molecule has 1 N–H and O–H groups in total. The second kappa shape index (κ2) is 8.63. The lowest BCUT2D eigenvalue weighted by Crippen LogP contribution is -2.22. The standard InChI is InChI=1S/C18H15F2N3O3S/c19-18(20)27-13-7-5-12(6-8-13)22-16(24)10-26-17(25)9-23-11-21-14-3-1-2-4-15(14)23/h1-8,11,18H,9-10H2,(H,22,24). The van der Waals surface area contributed by atoms with Gasteiger partial charge in [0.25, 0.3) is 11.7 Å². The molecule has 0 saturated heterocycles. The number of hydrogen-bond acceptors (Lipinski definition) is 5. The van der Waals surface area contributed by atoms with Crippen molar-refractivity contribution in [3.8, 4) is 0 Å². The lowest BCUT2D eigenvalue weighted by Gasteiger charge is -2.08. The molecule has 1 amide bonds. The summed E-state index contributed by atoms with van der Waals surface area (Å²) in [6.45, 7) is -0.508. The number of hydrogen-bond donors (Lipinski definition) is 1. The maximum atomic E-state index is 12.3. The average molecular weight is 391 g/mol. The first-order chi connectivity index (χ1) is 13.0. The number of imidazole rings is 1. The van der Waals surface area contributed by atoms with Crippen LogP contribution in [0.15, 0.2) is 59.8 Å². The topological polar surface area (TPSA) is 73.2 Å². The Balaban J connectivity index is 1.48. The number of nitrogens with zero attached hydrogens (tertiary/aromatic N) is 2. The van der Waals surface area contributed by atoms with Gasteiger partial charge in [-0.25, -0.2) is 4.98 Å². The van der Waals surface area contributed by atoms with Gasteiger partial charge in [0.2, 0.25) is 0 Å². The molecule has 2 aromatic carbocycles. The third-order valence-electron chi connectivity index (χ3n) is 3.55. The van der Waals surface area contributed by atoms with Crippen LogP contribution in [0.3, 0.4) is 0 Å². The number of halogens is 2. The van der Waals surface area contributed by atoms with E-state index < -0.39 is 24.2 Å². The fourth-order valence-corrected chi connectivity index (χ4v) is 2.88. The first-order valence-electron chi connectivity index (χ1n) is 7.91. The molecule has 0 radical (unpaired) electrons. The summed E-state index contributed by atoms with van der Waals surface area (Å²) in [7, 11) is 0. The van der Waals surface area contributed by atoms with Crippen molar-refractivity contribution in [2.24, 2.45) is 0 Å². The summed E-state index contributed by atoms with van der Waals surface area (Å²) in [4.78, 5) is 28.4. The van der Waals surface area contributed by atoms with Crippen molar-refractivity contribution in [2.45, 2.75) is 17.2 Å². The lowest BCUT2D eigenvalue weighted by molar-refractivity contribution is -0.147. The highest BCUT2D eigenvalue weighted by molar-refractivity contribution is 7.99. The molecule has 0 saturated carbocycles. The number of anilines is 1. The molecule has 0 bridgehead atoms. The van der Waals surface area contributed by atoms with Crippen LogP contribution in [0.4, 0.5) is 14.5 Å². The SMILES string of the molecule is O=C(COC(=O)Cn1cnc2ccccc21)Nc1ccc(SC(F)F)cc1. The zero-order valence-electron chi connectivity index (χ0n) is 14.0. The van der Waals surface area contributed by atoms with E-state index in [1.807, 2.05) is 24.3 Å². The molecule has 0 atom stereocenters. The van der Waals surface area contributed by atoms with Crippen LogP contribution in [0.5, 0.6) is 0 Å². The summed E-state index contributed by atoms with van der Waals surface area (Å²) in [5, 5.41) is 2.53. The number of fused-ring (bicyclic) bond motifs is 1. The van der Waals surface area contributed by atoms with Crippen LogP contribution in [0.25, 0.3) is 11.0 Å². The van der Waals surface area contributed by atoms with E-state index in [1.165, 1.54) is 30.6 Å². The fraction of sp³-hybridized carbons (Fsp3) is 0.167. The van der Waals surface area contributed by atoms with Crippen LogP contribution in [-0.2, 0) is 20.9 Å². The summed E-state index contributed by atoms with van der Waals surface area (Å²) in [5.41, 5.74) is 1.98. The molecule has 6 nitrogen and oxygen atoms in total. The number of esters is 1. The number of para-hydroxylation sites is 2. The zero-order chi connectivity index (χ0) is 19.2. The highest BCUT2D eigenvalue weighted by Gasteiger charge is 2.11. The van der Waals surface area contributed by atoms with Gasteiger partial charge in [0.05, 0.1) is 17.4 Å². The highest BCUT2D eigenvalue weighted by atomic mass is 32.2. The monoisotopic (exact) mass is 391 g/mol. The van der Waals surface area contributed by atoms with Crippen molar-refractivity contribution in [1.29, 1.82) is 0 Å². The van der Waals surface area contributed by atoms with Crippen molar-refractivity contribution in [1.82, 2.24) is 9.55 Å². The number of thioether (sulfide) groups is 1. The normalized spacial score (nSPS) is 10.9. The van der Waals surface area contributed by atoms with Gasteiger partial charge in [0.1, 0.15) is 6.54 Å². The minimum Gasteiger partial charge on any atom is -0.454 e. The zero-order valence-corrected chi connectivity index (χ0v) is 14.8. The fourth-order valence-electron chi connectivity index (χ4n) is 2.38. The van der Waals surface area contributed by atoms with Crippen molar-refractivity contribution in [2.75, 3.05) is 11.9 Å². The summed E-state index contributed by atoms with van der Waals surface area (Å²) in [6, 6.07) is 13.3. The van der Waals surface area contributed by atoms with Gasteiger partial charge in [-0.05, 0) is 36.4 Å². The highest BCUT2D eigenvalue weighted by Crippen LogP contribution is 2.26. The molecule has 3 rings (SSSR count). The molecule has 3 aromatic rings. The summed E-state index contributed by atoms with van der Waals surface area (Å²) < 4.78 is 31.1. The number of alkyl halides is 2. The third-order valence-corrected chi connectivity index (χ3v) is 4.28. The molecular formula is C18H15F2N3O3S. The maximum Gasteiger partial charge on any atom is 0.326 e. The molecule has 27 heavy (non-hydrogen) atoms. The summed E-state index contributed by atoms with van der Waals surface area (Å²) in [6.07, 6.45) is 1.53. The first kappa shape index (κ1) is 18.8. The molecule has 9 heteroatoms. The van der Waals surface area contributed by atoms with Crippen LogP contribution >= 0.6 is 11.8 Å². The van der Waals surface area contributed by atoms with Gasteiger partial charge in [-0.15, -0.1) is 0 Å². The van der Waals surface area contributed by atoms with Crippen LogP contribution in [-0.4, -0.2) is 33.8 Å². The van der Waals surface area contributed by atoms with Crippen molar-refractivity contribution in [3.63, 3.8) is 0 Å². The molecule has 1 aromatic heterocycles. The number of nitrogens with one attached hydrogen (secondary N) is 1.